The third-order valence-corrected chi connectivity index (χ3v) is 6.99. The molecule has 0 bridgehead atoms. The van der Waals surface area contributed by atoms with Gasteiger partial charge in [0.05, 0.1) is 18.1 Å². The number of hydrogen-bond donors (Lipinski definition) is 1. The van der Waals surface area contributed by atoms with Crippen LogP contribution in [0.25, 0.3) is 0 Å². The molecule has 0 saturated heterocycles. The number of benzene rings is 2. The highest BCUT2D eigenvalue weighted by Gasteiger charge is 2.14. The van der Waals surface area contributed by atoms with Crippen molar-refractivity contribution in [1.29, 1.82) is 0 Å². The smallest absolute Gasteiger partial charge is 0.257 e. The van der Waals surface area contributed by atoms with Crippen LogP contribution in [-0.4, -0.2) is 57.3 Å². The number of ether oxygens (including phenoxy) is 3. The van der Waals surface area contributed by atoms with Crippen molar-refractivity contribution in [3.05, 3.63) is 60.3 Å². The Balaban J connectivity index is 1.78. The van der Waals surface area contributed by atoms with Crippen LogP contribution in [0.1, 0.15) is 17.3 Å². The molecule has 36 heavy (non-hydrogen) atoms. The normalized spacial score (nSPS) is 12.2. The first-order chi connectivity index (χ1) is 17.2. The summed E-state index contributed by atoms with van der Waals surface area (Å²) in [6.45, 7) is 2.71. The Morgan fingerprint density at radius 2 is 1.78 bits per heavy atom. The minimum absolute atomic E-state index is 0.104. The van der Waals surface area contributed by atoms with E-state index in [1.807, 2.05) is 0 Å². The van der Waals surface area contributed by atoms with E-state index in [4.69, 9.17) is 18.7 Å². The van der Waals surface area contributed by atoms with Gasteiger partial charge in [-0.25, -0.2) is 8.42 Å². The maximum atomic E-state index is 12.9. The number of rotatable bonds is 13. The molecular weight excluding hydrogens is 509 g/mol. The van der Waals surface area contributed by atoms with E-state index < -0.39 is 23.8 Å². The van der Waals surface area contributed by atoms with Crippen LogP contribution in [0.5, 0.6) is 17.2 Å². The lowest BCUT2D eigenvalue weighted by Gasteiger charge is -2.12. The summed E-state index contributed by atoms with van der Waals surface area (Å²) >= 11 is 0. The van der Waals surface area contributed by atoms with Crippen molar-refractivity contribution in [2.24, 2.45) is 0 Å². The van der Waals surface area contributed by atoms with Crippen molar-refractivity contribution >= 4 is 29.6 Å². The van der Waals surface area contributed by atoms with Crippen LogP contribution in [0.2, 0.25) is 0 Å². The molecule has 1 amide bonds. The standard InChI is InChI=1S/C23H28N3O8PS/c1-4-33-35(28)16-26-10-9-22(25-26)24-23(27)17-13-19(32-12-11-31-2)15-20(14-17)34-18-5-7-21(8-6-18)36(3,29)30/h5-10,13-15,35H,4,11-12,16H2,1-3H3,(H,24,25,27). The molecule has 0 aliphatic heterocycles. The number of amides is 1. The molecule has 1 heterocycles. The van der Waals surface area contributed by atoms with Gasteiger partial charge in [0, 0.05) is 37.3 Å². The lowest BCUT2D eigenvalue weighted by Crippen LogP contribution is -2.13. The van der Waals surface area contributed by atoms with Crippen molar-refractivity contribution in [2.75, 3.05) is 38.5 Å². The molecule has 3 rings (SSSR count). The molecule has 2 aromatic carbocycles. The molecule has 1 aromatic heterocycles. The molecule has 0 fully saturated rings. The highest BCUT2D eigenvalue weighted by molar-refractivity contribution is 7.90. The van der Waals surface area contributed by atoms with E-state index in [0.717, 1.165) is 6.26 Å². The molecule has 0 aliphatic rings. The first kappa shape index (κ1) is 27.4. The highest BCUT2D eigenvalue weighted by Crippen LogP contribution is 2.29. The zero-order chi connectivity index (χ0) is 26.1. The summed E-state index contributed by atoms with van der Waals surface area (Å²) in [4.78, 5) is 13.1. The van der Waals surface area contributed by atoms with Gasteiger partial charge >= 0.3 is 0 Å². The maximum Gasteiger partial charge on any atom is 0.257 e. The molecule has 0 radical (unpaired) electrons. The second-order valence-corrected chi connectivity index (χ2v) is 10.9. The summed E-state index contributed by atoms with van der Waals surface area (Å²) in [5.41, 5.74) is 0.241. The summed E-state index contributed by atoms with van der Waals surface area (Å²) in [5, 5.41) is 6.89. The van der Waals surface area contributed by atoms with E-state index in [0.29, 0.717) is 30.5 Å². The predicted octanol–water partition coefficient (Wildman–Crippen LogP) is 3.83. The minimum atomic E-state index is -3.34. The van der Waals surface area contributed by atoms with Gasteiger partial charge in [-0.3, -0.25) is 14.0 Å². The molecule has 1 unspecified atom stereocenters. The van der Waals surface area contributed by atoms with Gasteiger partial charge in [0.15, 0.2) is 15.7 Å². The molecule has 1 atom stereocenters. The third kappa shape index (κ3) is 8.20. The lowest BCUT2D eigenvalue weighted by molar-refractivity contribution is 0.102. The van der Waals surface area contributed by atoms with Crippen LogP contribution in [0.15, 0.2) is 59.6 Å². The van der Waals surface area contributed by atoms with Crippen molar-refractivity contribution in [1.82, 2.24) is 9.78 Å². The SMILES string of the molecule is CCO[PH](=O)Cn1ccc(NC(=O)c2cc(OCCOC)cc(Oc3ccc(S(C)(=O)=O)cc3)c2)n1. The molecule has 3 aromatic rings. The van der Waals surface area contributed by atoms with Crippen LogP contribution in [-0.2, 0) is 29.9 Å². The van der Waals surface area contributed by atoms with Crippen molar-refractivity contribution in [3.63, 3.8) is 0 Å². The van der Waals surface area contributed by atoms with Gasteiger partial charge in [0.25, 0.3) is 5.91 Å². The number of carbonyl (C=O) groups excluding carboxylic acids is 1. The number of aromatic nitrogens is 2. The fraction of sp³-hybridized carbons (Fsp3) is 0.304. The second kappa shape index (κ2) is 12.7. The van der Waals surface area contributed by atoms with Crippen LogP contribution < -0.4 is 14.8 Å². The molecule has 0 spiro atoms. The number of methoxy groups -OCH3 is 1. The van der Waals surface area contributed by atoms with E-state index in [1.54, 1.807) is 38.4 Å². The summed E-state index contributed by atoms with van der Waals surface area (Å²) in [6, 6.07) is 12.2. The lowest BCUT2D eigenvalue weighted by atomic mass is 10.2. The molecular formula is C23H28N3O8PS. The zero-order valence-corrected chi connectivity index (χ0v) is 21.9. The third-order valence-electron chi connectivity index (χ3n) is 4.66. The van der Waals surface area contributed by atoms with Gasteiger partial charge in [-0.1, -0.05) is 0 Å². The average Bonchev–Trinajstić information content (AvgIpc) is 3.25. The Hall–Kier alpha value is -3.18. The van der Waals surface area contributed by atoms with E-state index in [1.165, 1.54) is 35.0 Å². The first-order valence-corrected chi connectivity index (χ1v) is 14.3. The van der Waals surface area contributed by atoms with E-state index in [-0.39, 0.29) is 29.2 Å². The largest absolute Gasteiger partial charge is 0.491 e. The van der Waals surface area contributed by atoms with Crippen molar-refractivity contribution in [2.45, 2.75) is 18.1 Å². The van der Waals surface area contributed by atoms with Crippen LogP contribution >= 0.6 is 8.03 Å². The van der Waals surface area contributed by atoms with Crippen LogP contribution in [0.3, 0.4) is 0 Å². The number of hydrogen-bond acceptors (Lipinski definition) is 9. The van der Waals surface area contributed by atoms with Crippen LogP contribution in [0, 0.1) is 0 Å². The number of carbonyl (C=O) groups is 1. The topological polar surface area (TPSA) is 135 Å². The first-order valence-electron chi connectivity index (χ1n) is 10.9. The molecule has 1 N–H and O–H groups in total. The number of nitrogens with zero attached hydrogens (tertiary/aromatic N) is 2. The quantitative estimate of drug-likeness (QED) is 0.255. The monoisotopic (exact) mass is 537 g/mol. The Morgan fingerprint density at radius 1 is 1.06 bits per heavy atom. The van der Waals surface area contributed by atoms with Gasteiger partial charge in [-0.15, -0.1) is 0 Å². The summed E-state index contributed by atoms with van der Waals surface area (Å²) in [5.74, 6) is 0.875. The van der Waals surface area contributed by atoms with Gasteiger partial charge in [0.1, 0.15) is 30.1 Å². The minimum Gasteiger partial charge on any atom is -0.491 e. The Bertz CT molecular complexity index is 1310. The van der Waals surface area contributed by atoms with Crippen molar-refractivity contribution in [3.8, 4) is 17.2 Å². The van der Waals surface area contributed by atoms with Crippen LogP contribution in [0.4, 0.5) is 5.82 Å². The Labute approximate surface area is 210 Å². The van der Waals surface area contributed by atoms with Gasteiger partial charge in [0.2, 0.25) is 8.03 Å². The highest BCUT2D eigenvalue weighted by atomic mass is 32.2. The molecule has 0 aliphatic carbocycles. The Kier molecular flexibility index (Phi) is 9.65. The fourth-order valence-corrected chi connectivity index (χ4v) is 4.51. The van der Waals surface area contributed by atoms with Gasteiger partial charge < -0.3 is 24.1 Å². The number of nitrogens with one attached hydrogen (secondary N) is 1. The number of anilines is 1. The summed E-state index contributed by atoms with van der Waals surface area (Å²) in [7, 11) is -4.05. The molecule has 11 nitrogen and oxygen atoms in total. The van der Waals surface area contributed by atoms with Gasteiger partial charge in [-0.2, -0.15) is 5.10 Å². The fourth-order valence-electron chi connectivity index (χ4n) is 3.02. The van der Waals surface area contributed by atoms with Gasteiger partial charge in [-0.05, 0) is 43.3 Å². The van der Waals surface area contributed by atoms with E-state index in [9.17, 15) is 17.8 Å². The average molecular weight is 538 g/mol. The van der Waals surface area contributed by atoms with Crippen molar-refractivity contribution < 1.29 is 36.5 Å². The number of sulfone groups is 1. The molecule has 194 valence electrons. The summed E-state index contributed by atoms with van der Waals surface area (Å²) in [6.07, 6.45) is 2.82. The maximum absolute atomic E-state index is 12.9. The predicted molar refractivity (Wildman–Crippen MR) is 134 cm³/mol. The van der Waals surface area contributed by atoms with E-state index in [2.05, 4.69) is 10.4 Å². The summed E-state index contributed by atoms with van der Waals surface area (Å²) < 4.78 is 58.2. The second-order valence-electron chi connectivity index (χ2n) is 7.54. The molecule has 13 heteroatoms. The van der Waals surface area contributed by atoms with E-state index >= 15 is 0 Å². The Morgan fingerprint density at radius 3 is 2.44 bits per heavy atom. The zero-order valence-electron chi connectivity index (χ0n) is 20.1. The molecule has 0 saturated carbocycles.